The lowest BCUT2D eigenvalue weighted by atomic mass is 10.3. The van der Waals surface area contributed by atoms with Gasteiger partial charge in [-0.2, -0.15) is 10.1 Å². The molecule has 2 heterocycles. The number of likely N-dealkylation sites (N-methyl/N-ethyl adjacent to an activating group) is 1. The number of hydrogen-bond donors (Lipinski definition) is 0. The normalized spacial score (nSPS) is 18.4. The van der Waals surface area contributed by atoms with Gasteiger partial charge in [-0.3, -0.25) is 10.1 Å². The summed E-state index contributed by atoms with van der Waals surface area (Å²) in [4.78, 5) is 23.7. The number of rotatable bonds is 7. The van der Waals surface area contributed by atoms with Crippen LogP contribution in [0.2, 0.25) is 0 Å². The van der Waals surface area contributed by atoms with E-state index in [9.17, 15) is 14.9 Å². The van der Waals surface area contributed by atoms with E-state index in [2.05, 4.69) is 10.0 Å². The fourth-order valence-corrected chi connectivity index (χ4v) is 2.10. The van der Waals surface area contributed by atoms with Gasteiger partial charge in [-0.1, -0.05) is 13.8 Å². The summed E-state index contributed by atoms with van der Waals surface area (Å²) in [6, 6.07) is 2.64. The molecule has 1 fully saturated rings. The molecule has 9 nitrogen and oxygen atoms in total. The Kier molecular flexibility index (Phi) is 5.10. The maximum Gasteiger partial charge on any atom is 0.433 e. The van der Waals surface area contributed by atoms with Crippen molar-refractivity contribution in [2.45, 2.75) is 20.0 Å². The largest absolute Gasteiger partial charge is 0.441 e. The minimum Gasteiger partial charge on any atom is -0.441 e. The second kappa shape index (κ2) is 7.03. The molecule has 1 atom stereocenters. The molecule has 0 radical (unpaired) electrons. The lowest BCUT2D eigenvalue weighted by molar-refractivity contribution is -0.402. The summed E-state index contributed by atoms with van der Waals surface area (Å²) in [5, 5.41) is 15.6. The van der Waals surface area contributed by atoms with Gasteiger partial charge in [-0.25, -0.2) is 4.79 Å². The molecule has 2 rings (SSSR count). The molecule has 1 aliphatic rings. The van der Waals surface area contributed by atoms with Crippen molar-refractivity contribution in [1.82, 2.24) is 9.91 Å². The van der Waals surface area contributed by atoms with Crippen LogP contribution in [0.4, 0.5) is 10.7 Å². The molecule has 0 saturated carbocycles. The molecule has 0 spiro atoms. The van der Waals surface area contributed by atoms with Gasteiger partial charge < -0.3 is 14.1 Å². The molecule has 22 heavy (non-hydrogen) atoms. The van der Waals surface area contributed by atoms with Crippen molar-refractivity contribution >= 4 is 18.2 Å². The zero-order valence-corrected chi connectivity index (χ0v) is 12.5. The summed E-state index contributed by atoms with van der Waals surface area (Å²) in [6.45, 7) is 6.83. The molecule has 1 aliphatic heterocycles. The Morgan fingerprint density at radius 1 is 1.50 bits per heavy atom. The van der Waals surface area contributed by atoms with Crippen molar-refractivity contribution in [3.8, 4) is 0 Å². The van der Waals surface area contributed by atoms with Gasteiger partial charge in [-0.05, 0) is 19.2 Å². The van der Waals surface area contributed by atoms with Crippen molar-refractivity contribution in [2.75, 3.05) is 26.2 Å². The third kappa shape index (κ3) is 3.82. The SMILES string of the molecule is CCN(CC)C[C@H]1CN(/N=C/c2ccc([N+](=O)[O-])o2)C(=O)O1. The molecule has 0 unspecified atom stereocenters. The van der Waals surface area contributed by atoms with Crippen molar-refractivity contribution in [1.29, 1.82) is 0 Å². The van der Waals surface area contributed by atoms with Crippen LogP contribution in [0, 0.1) is 10.1 Å². The van der Waals surface area contributed by atoms with Gasteiger partial charge in [0, 0.05) is 6.54 Å². The predicted molar refractivity (Wildman–Crippen MR) is 77.7 cm³/mol. The van der Waals surface area contributed by atoms with E-state index in [1.807, 2.05) is 13.8 Å². The monoisotopic (exact) mass is 310 g/mol. The van der Waals surface area contributed by atoms with Crippen LogP contribution in [-0.4, -0.2) is 59.4 Å². The van der Waals surface area contributed by atoms with Gasteiger partial charge in [0.2, 0.25) is 0 Å². The number of nitrogens with zero attached hydrogens (tertiary/aromatic N) is 4. The number of amides is 1. The number of hydrogen-bond acceptors (Lipinski definition) is 7. The third-order valence-corrected chi connectivity index (χ3v) is 3.33. The van der Waals surface area contributed by atoms with Gasteiger partial charge in [0.25, 0.3) is 0 Å². The number of cyclic esters (lactones) is 1. The Labute approximate surface area is 127 Å². The molecule has 1 aromatic heterocycles. The van der Waals surface area contributed by atoms with Crippen LogP contribution in [0.1, 0.15) is 19.6 Å². The van der Waals surface area contributed by atoms with Crippen LogP contribution in [0.25, 0.3) is 0 Å². The summed E-state index contributed by atoms with van der Waals surface area (Å²) >= 11 is 0. The summed E-state index contributed by atoms with van der Waals surface area (Å²) in [6.07, 6.45) is 0.485. The molecule has 0 bridgehead atoms. The van der Waals surface area contributed by atoms with E-state index < -0.39 is 11.0 Å². The van der Waals surface area contributed by atoms with E-state index in [1.54, 1.807) is 0 Å². The maximum atomic E-state index is 11.7. The van der Waals surface area contributed by atoms with Crippen LogP contribution in [0.3, 0.4) is 0 Å². The highest BCUT2D eigenvalue weighted by Crippen LogP contribution is 2.16. The predicted octanol–water partition coefficient (Wildman–Crippen LogP) is 1.68. The standard InChI is InChI=1S/C13H18N4O5/c1-3-15(4-2)8-11-9-16(13(18)22-11)14-7-10-5-6-12(21-10)17(19)20/h5-7,11H,3-4,8-9H2,1-2H3/b14-7+/t11-/m0/s1. The molecule has 9 heteroatoms. The molecule has 0 N–H and O–H groups in total. The Hall–Kier alpha value is -2.42. The van der Waals surface area contributed by atoms with Crippen molar-refractivity contribution in [2.24, 2.45) is 5.10 Å². The van der Waals surface area contributed by atoms with E-state index in [0.29, 0.717) is 13.1 Å². The Morgan fingerprint density at radius 2 is 2.23 bits per heavy atom. The number of ether oxygens (including phenoxy) is 1. The highest BCUT2D eigenvalue weighted by atomic mass is 16.6. The van der Waals surface area contributed by atoms with Crippen molar-refractivity contribution < 1.29 is 18.9 Å². The fraction of sp³-hybridized carbons (Fsp3) is 0.538. The molecule has 120 valence electrons. The second-order valence-electron chi connectivity index (χ2n) is 4.75. The van der Waals surface area contributed by atoms with Crippen molar-refractivity contribution in [3.63, 3.8) is 0 Å². The molecular formula is C13H18N4O5. The fourth-order valence-electron chi connectivity index (χ4n) is 2.10. The lowest BCUT2D eigenvalue weighted by Gasteiger charge is -2.20. The Morgan fingerprint density at radius 3 is 2.82 bits per heavy atom. The highest BCUT2D eigenvalue weighted by Gasteiger charge is 2.32. The van der Waals surface area contributed by atoms with Gasteiger partial charge in [0.15, 0.2) is 5.76 Å². The smallest absolute Gasteiger partial charge is 0.433 e. The number of carbonyl (C=O) groups is 1. The first kappa shape index (κ1) is 16.0. The van der Waals surface area contributed by atoms with Gasteiger partial charge in [0.05, 0.1) is 18.8 Å². The van der Waals surface area contributed by atoms with E-state index in [0.717, 1.165) is 13.1 Å². The van der Waals surface area contributed by atoms with Gasteiger partial charge in [-0.15, -0.1) is 0 Å². The zero-order chi connectivity index (χ0) is 16.1. The first-order valence-corrected chi connectivity index (χ1v) is 7.02. The van der Waals surface area contributed by atoms with E-state index in [1.165, 1.54) is 23.4 Å². The van der Waals surface area contributed by atoms with Crippen LogP contribution in [0.15, 0.2) is 21.7 Å². The molecule has 1 saturated heterocycles. The number of hydrazone groups is 1. The number of nitro groups is 1. The summed E-state index contributed by atoms with van der Waals surface area (Å²) in [5.41, 5.74) is 0. The Bertz CT molecular complexity index is 567. The second-order valence-corrected chi connectivity index (χ2v) is 4.75. The van der Waals surface area contributed by atoms with Crippen LogP contribution < -0.4 is 0 Å². The highest BCUT2D eigenvalue weighted by molar-refractivity contribution is 5.78. The number of carbonyl (C=O) groups excluding carboxylic acids is 1. The molecule has 1 amide bonds. The van der Waals surface area contributed by atoms with Gasteiger partial charge >= 0.3 is 12.0 Å². The first-order chi connectivity index (χ1) is 10.5. The molecular weight excluding hydrogens is 292 g/mol. The van der Waals surface area contributed by atoms with E-state index >= 15 is 0 Å². The minimum absolute atomic E-state index is 0.201. The van der Waals surface area contributed by atoms with Crippen LogP contribution in [0.5, 0.6) is 0 Å². The van der Waals surface area contributed by atoms with Crippen LogP contribution in [-0.2, 0) is 4.74 Å². The number of furan rings is 1. The molecule has 1 aromatic rings. The van der Waals surface area contributed by atoms with Crippen molar-refractivity contribution in [3.05, 3.63) is 28.0 Å². The third-order valence-electron chi connectivity index (χ3n) is 3.33. The van der Waals surface area contributed by atoms with Crippen LogP contribution >= 0.6 is 0 Å². The maximum absolute atomic E-state index is 11.7. The van der Waals surface area contributed by atoms with E-state index in [-0.39, 0.29) is 17.7 Å². The molecule has 0 aromatic carbocycles. The average Bonchev–Trinajstić information content (AvgIpc) is 3.09. The summed E-state index contributed by atoms with van der Waals surface area (Å²) in [7, 11) is 0. The van der Waals surface area contributed by atoms with E-state index in [4.69, 9.17) is 9.15 Å². The minimum atomic E-state index is -0.637. The Balaban J connectivity index is 1.93. The van der Waals surface area contributed by atoms with Gasteiger partial charge in [0.1, 0.15) is 11.0 Å². The lowest BCUT2D eigenvalue weighted by Crippen LogP contribution is -2.34. The zero-order valence-electron chi connectivity index (χ0n) is 12.5. The average molecular weight is 310 g/mol. The summed E-state index contributed by atoms with van der Waals surface area (Å²) in [5.74, 6) is -0.170. The molecule has 0 aliphatic carbocycles. The first-order valence-electron chi connectivity index (χ1n) is 7.02. The topological polar surface area (TPSA) is 101 Å². The quantitative estimate of drug-likeness (QED) is 0.431. The summed E-state index contributed by atoms with van der Waals surface area (Å²) < 4.78 is 10.2.